The minimum absolute atomic E-state index is 0.0712. The van der Waals surface area contributed by atoms with Crippen LogP contribution in [0.1, 0.15) is 55.2 Å². The monoisotopic (exact) mass is 431 g/mol. The van der Waals surface area contributed by atoms with Gasteiger partial charge in [-0.15, -0.1) is 0 Å². The lowest BCUT2D eigenvalue weighted by Gasteiger charge is -2.37. The minimum Gasteiger partial charge on any atom is -0.368 e. The van der Waals surface area contributed by atoms with Crippen LogP contribution in [-0.4, -0.2) is 61.0 Å². The van der Waals surface area contributed by atoms with Crippen LogP contribution < -0.4 is 4.90 Å². The summed E-state index contributed by atoms with van der Waals surface area (Å²) < 4.78 is 0. The Morgan fingerprint density at radius 2 is 1.53 bits per heavy atom. The molecule has 3 aliphatic rings. The molecular weight excluding hydrogens is 394 g/mol. The minimum atomic E-state index is -0.0712. The topological polar surface area (TPSA) is 26.8 Å². The largest absolute Gasteiger partial charge is 0.368 e. The number of carbonyl (C=O) groups excluding carboxylic acids is 1. The van der Waals surface area contributed by atoms with Crippen LogP contribution in [0.15, 0.2) is 48.5 Å². The van der Waals surface area contributed by atoms with Crippen molar-refractivity contribution in [2.45, 2.75) is 57.4 Å². The van der Waals surface area contributed by atoms with Gasteiger partial charge in [0.1, 0.15) is 0 Å². The van der Waals surface area contributed by atoms with E-state index in [9.17, 15) is 4.79 Å². The van der Waals surface area contributed by atoms with Gasteiger partial charge in [0, 0.05) is 51.0 Å². The molecule has 32 heavy (non-hydrogen) atoms. The molecule has 0 N–H and O–H groups in total. The Hall–Kier alpha value is -2.33. The smallest absolute Gasteiger partial charge is 0.229 e. The van der Waals surface area contributed by atoms with Gasteiger partial charge in [0.05, 0.1) is 5.92 Å². The van der Waals surface area contributed by atoms with Crippen molar-refractivity contribution >= 4 is 11.6 Å². The molecule has 0 aromatic heterocycles. The highest BCUT2D eigenvalue weighted by molar-refractivity contribution is 5.83. The lowest BCUT2D eigenvalue weighted by atomic mass is 9.99. The molecular formula is C28H37N3O. The summed E-state index contributed by atoms with van der Waals surface area (Å²) in [6.07, 6.45) is 7.98. The lowest BCUT2D eigenvalue weighted by molar-refractivity contribution is -0.132. The summed E-state index contributed by atoms with van der Waals surface area (Å²) >= 11 is 0. The number of carbonyl (C=O) groups is 1. The Morgan fingerprint density at radius 1 is 0.844 bits per heavy atom. The molecule has 2 aromatic rings. The van der Waals surface area contributed by atoms with Gasteiger partial charge >= 0.3 is 0 Å². The summed E-state index contributed by atoms with van der Waals surface area (Å²) in [4.78, 5) is 20.3. The Kier molecular flexibility index (Phi) is 6.49. The maximum absolute atomic E-state index is 13.0. The number of nitrogens with zero attached hydrogens (tertiary/aromatic N) is 3. The van der Waals surface area contributed by atoms with E-state index in [0.29, 0.717) is 0 Å². The average molecular weight is 432 g/mol. The van der Waals surface area contributed by atoms with E-state index in [2.05, 4.69) is 45.0 Å². The lowest BCUT2D eigenvalue weighted by Crippen LogP contribution is -2.49. The Labute approximate surface area is 193 Å². The fraction of sp³-hybridized carbons (Fsp3) is 0.536. The Morgan fingerprint density at radius 3 is 2.25 bits per heavy atom. The zero-order valence-electron chi connectivity index (χ0n) is 19.5. The van der Waals surface area contributed by atoms with Crippen molar-refractivity contribution in [1.29, 1.82) is 0 Å². The van der Waals surface area contributed by atoms with Gasteiger partial charge in [-0.1, -0.05) is 49.2 Å². The van der Waals surface area contributed by atoms with Gasteiger partial charge in [0.25, 0.3) is 0 Å². The molecule has 1 unspecified atom stereocenters. The van der Waals surface area contributed by atoms with E-state index in [1.54, 1.807) is 11.1 Å². The van der Waals surface area contributed by atoms with E-state index in [-0.39, 0.29) is 11.8 Å². The van der Waals surface area contributed by atoms with Crippen LogP contribution in [0.25, 0.3) is 0 Å². The summed E-state index contributed by atoms with van der Waals surface area (Å²) in [5.74, 6) is 0.183. The van der Waals surface area contributed by atoms with Crippen molar-refractivity contribution < 1.29 is 4.79 Å². The molecule has 4 nitrogen and oxygen atoms in total. The number of rotatable bonds is 4. The second-order valence-electron chi connectivity index (χ2n) is 9.87. The SMILES string of the molecule is CC(C(=O)N1CCN(c2ccc3c(c2)CCN(C2CCCC2)CC3)CC1)c1ccccc1. The number of amides is 1. The molecule has 0 spiro atoms. The first-order chi connectivity index (χ1) is 15.7. The van der Waals surface area contributed by atoms with Gasteiger partial charge in [-0.05, 0) is 61.4 Å². The number of anilines is 1. The highest BCUT2D eigenvalue weighted by atomic mass is 16.2. The van der Waals surface area contributed by atoms with Gasteiger partial charge in [-0.2, -0.15) is 0 Å². The second kappa shape index (κ2) is 9.66. The molecule has 1 amide bonds. The summed E-state index contributed by atoms with van der Waals surface area (Å²) in [6.45, 7) is 7.91. The van der Waals surface area contributed by atoms with Crippen molar-refractivity contribution in [1.82, 2.24) is 9.80 Å². The van der Waals surface area contributed by atoms with Crippen molar-refractivity contribution in [3.63, 3.8) is 0 Å². The third kappa shape index (κ3) is 4.56. The molecule has 1 atom stereocenters. The first-order valence-electron chi connectivity index (χ1n) is 12.6. The van der Waals surface area contributed by atoms with E-state index < -0.39 is 0 Å². The van der Waals surface area contributed by atoms with E-state index in [1.165, 1.54) is 57.3 Å². The molecule has 2 aromatic carbocycles. The van der Waals surface area contributed by atoms with Crippen LogP contribution in [0.3, 0.4) is 0 Å². The third-order valence-electron chi connectivity index (χ3n) is 7.99. The predicted octanol–water partition coefficient (Wildman–Crippen LogP) is 4.48. The van der Waals surface area contributed by atoms with Crippen LogP contribution in [-0.2, 0) is 17.6 Å². The van der Waals surface area contributed by atoms with Crippen LogP contribution in [0.5, 0.6) is 0 Å². The van der Waals surface area contributed by atoms with Gasteiger partial charge < -0.3 is 9.80 Å². The number of fused-ring (bicyclic) bond motifs is 1. The zero-order valence-corrected chi connectivity index (χ0v) is 19.5. The quantitative estimate of drug-likeness (QED) is 0.714. The predicted molar refractivity (Wildman–Crippen MR) is 131 cm³/mol. The maximum Gasteiger partial charge on any atom is 0.229 e. The van der Waals surface area contributed by atoms with Crippen molar-refractivity contribution in [2.24, 2.45) is 0 Å². The molecule has 1 saturated heterocycles. The summed E-state index contributed by atoms with van der Waals surface area (Å²) in [5.41, 5.74) is 5.53. The first kappa shape index (κ1) is 21.5. The van der Waals surface area contributed by atoms with Crippen molar-refractivity contribution in [2.75, 3.05) is 44.2 Å². The highest BCUT2D eigenvalue weighted by Crippen LogP contribution is 2.29. The fourth-order valence-electron chi connectivity index (χ4n) is 5.90. The first-order valence-corrected chi connectivity index (χ1v) is 12.6. The second-order valence-corrected chi connectivity index (χ2v) is 9.87. The summed E-state index contributed by atoms with van der Waals surface area (Å²) in [5, 5.41) is 0. The van der Waals surface area contributed by atoms with Gasteiger partial charge in [0.15, 0.2) is 0 Å². The number of piperazine rings is 1. The molecule has 0 radical (unpaired) electrons. The maximum atomic E-state index is 13.0. The number of hydrogen-bond donors (Lipinski definition) is 0. The van der Waals surface area contributed by atoms with Crippen LogP contribution in [0.2, 0.25) is 0 Å². The Balaban J connectivity index is 1.19. The van der Waals surface area contributed by atoms with Crippen molar-refractivity contribution in [3.05, 3.63) is 65.2 Å². The van der Waals surface area contributed by atoms with E-state index in [0.717, 1.165) is 37.8 Å². The number of benzene rings is 2. The van der Waals surface area contributed by atoms with Gasteiger partial charge in [-0.3, -0.25) is 9.69 Å². The van der Waals surface area contributed by atoms with E-state index >= 15 is 0 Å². The molecule has 1 saturated carbocycles. The van der Waals surface area contributed by atoms with Gasteiger partial charge in [-0.25, -0.2) is 0 Å². The summed E-state index contributed by atoms with van der Waals surface area (Å²) in [7, 11) is 0. The molecule has 2 fully saturated rings. The molecule has 4 heteroatoms. The van der Waals surface area contributed by atoms with Crippen LogP contribution in [0, 0.1) is 0 Å². The highest BCUT2D eigenvalue weighted by Gasteiger charge is 2.27. The van der Waals surface area contributed by atoms with Crippen LogP contribution in [0.4, 0.5) is 5.69 Å². The molecule has 2 aliphatic heterocycles. The molecule has 2 heterocycles. The zero-order chi connectivity index (χ0) is 21.9. The van der Waals surface area contributed by atoms with Gasteiger partial charge in [0.2, 0.25) is 5.91 Å². The molecule has 5 rings (SSSR count). The summed E-state index contributed by atoms with van der Waals surface area (Å²) in [6, 6.07) is 18.1. The van der Waals surface area contributed by atoms with E-state index in [4.69, 9.17) is 0 Å². The molecule has 170 valence electrons. The third-order valence-corrected chi connectivity index (χ3v) is 7.99. The normalized spacial score (nSPS) is 21.3. The van der Waals surface area contributed by atoms with E-state index in [1.807, 2.05) is 25.1 Å². The Bertz CT molecular complexity index is 914. The molecule has 1 aliphatic carbocycles. The van der Waals surface area contributed by atoms with Crippen LogP contribution >= 0.6 is 0 Å². The fourth-order valence-corrected chi connectivity index (χ4v) is 5.90. The number of hydrogen-bond acceptors (Lipinski definition) is 3. The average Bonchev–Trinajstić information content (AvgIpc) is 3.31. The molecule has 0 bridgehead atoms. The van der Waals surface area contributed by atoms with Crippen molar-refractivity contribution in [3.8, 4) is 0 Å². The standard InChI is InChI=1S/C28H37N3O/c1-22(23-7-3-2-4-8-23)28(32)31-19-17-30(18-20-31)27-12-11-24-13-15-29(16-14-25(24)21-27)26-9-5-6-10-26/h2-4,7-8,11-12,21-22,26H,5-6,9-10,13-20H2,1H3.